The minimum Gasteiger partial charge on any atom is -0.339 e. The number of hydrogen-bond acceptors (Lipinski definition) is 6. The molecule has 1 aromatic carbocycles. The largest absolute Gasteiger partial charge is 0.339 e. The molecule has 9 heteroatoms. The van der Waals surface area contributed by atoms with Crippen LogP contribution in [-0.4, -0.2) is 67.4 Å². The molecule has 2 aliphatic heterocycles. The molecule has 0 spiro atoms. The molecule has 2 saturated heterocycles. The van der Waals surface area contributed by atoms with E-state index >= 15 is 0 Å². The van der Waals surface area contributed by atoms with Crippen LogP contribution >= 0.6 is 11.8 Å². The summed E-state index contributed by atoms with van der Waals surface area (Å²) in [6.07, 6.45) is 0. The Balaban J connectivity index is 1.70. The highest BCUT2D eigenvalue weighted by Crippen LogP contribution is 2.21. The van der Waals surface area contributed by atoms with Crippen molar-refractivity contribution in [1.29, 1.82) is 5.26 Å². The lowest BCUT2D eigenvalue weighted by molar-refractivity contribution is -0.133. The maximum absolute atomic E-state index is 12.8. The lowest BCUT2D eigenvalue weighted by atomic mass is 10.2. The summed E-state index contributed by atoms with van der Waals surface area (Å²) in [6, 6.07) is 7.95. The highest BCUT2D eigenvalue weighted by Gasteiger charge is 2.34. The van der Waals surface area contributed by atoms with E-state index in [-0.39, 0.29) is 35.5 Å². The van der Waals surface area contributed by atoms with Gasteiger partial charge in [0.1, 0.15) is 6.07 Å². The first kappa shape index (κ1) is 17.2. The van der Waals surface area contributed by atoms with Gasteiger partial charge in [-0.2, -0.15) is 9.57 Å². The molecular weight excluding hydrogens is 348 g/mol. The van der Waals surface area contributed by atoms with Crippen molar-refractivity contribution in [2.75, 3.05) is 37.8 Å². The second-order valence-corrected chi connectivity index (χ2v) is 8.55. The second kappa shape index (κ2) is 7.11. The number of nitrogens with zero attached hydrogens (tertiary/aromatic N) is 3. The average molecular weight is 366 g/mol. The number of hydrogen-bond donors (Lipinski definition) is 1. The molecule has 1 unspecified atom stereocenters. The van der Waals surface area contributed by atoms with Gasteiger partial charge in [0.05, 0.1) is 16.5 Å². The number of nitrogens with one attached hydrogen (secondary N) is 1. The zero-order valence-corrected chi connectivity index (χ0v) is 14.6. The number of amides is 1. The normalized spacial score (nSPS) is 22.3. The van der Waals surface area contributed by atoms with Gasteiger partial charge in [-0.1, -0.05) is 12.1 Å². The molecule has 0 radical (unpaired) electrons. The van der Waals surface area contributed by atoms with Crippen LogP contribution < -0.4 is 5.32 Å². The first-order chi connectivity index (χ1) is 11.5. The summed E-state index contributed by atoms with van der Waals surface area (Å²) in [7, 11) is -3.72. The van der Waals surface area contributed by atoms with Gasteiger partial charge >= 0.3 is 0 Å². The molecule has 1 amide bonds. The van der Waals surface area contributed by atoms with Crippen molar-refractivity contribution in [1.82, 2.24) is 14.5 Å². The highest BCUT2D eigenvalue weighted by atomic mass is 32.2. The summed E-state index contributed by atoms with van der Waals surface area (Å²) in [6.45, 7) is 1.23. The van der Waals surface area contributed by atoms with Crippen LogP contribution in [0.15, 0.2) is 29.2 Å². The number of carbonyl (C=O) groups is 1. The van der Waals surface area contributed by atoms with Crippen molar-refractivity contribution in [2.24, 2.45) is 0 Å². The van der Waals surface area contributed by atoms with Crippen LogP contribution in [0.2, 0.25) is 0 Å². The quantitative estimate of drug-likeness (QED) is 0.813. The van der Waals surface area contributed by atoms with Crippen molar-refractivity contribution in [2.45, 2.75) is 10.9 Å². The molecule has 2 aliphatic rings. The van der Waals surface area contributed by atoms with E-state index in [1.807, 2.05) is 6.07 Å². The van der Waals surface area contributed by atoms with Gasteiger partial charge in [0.15, 0.2) is 0 Å². The van der Waals surface area contributed by atoms with Gasteiger partial charge < -0.3 is 4.90 Å². The van der Waals surface area contributed by atoms with Gasteiger partial charge in [0, 0.05) is 37.8 Å². The molecule has 0 aliphatic carbocycles. The van der Waals surface area contributed by atoms with Gasteiger partial charge in [-0.3, -0.25) is 10.1 Å². The monoisotopic (exact) mass is 366 g/mol. The molecule has 1 atom stereocenters. The third-order valence-corrected chi connectivity index (χ3v) is 7.09. The van der Waals surface area contributed by atoms with Crippen molar-refractivity contribution in [3.63, 3.8) is 0 Å². The van der Waals surface area contributed by atoms with E-state index in [1.54, 1.807) is 28.8 Å². The van der Waals surface area contributed by atoms with E-state index in [9.17, 15) is 13.2 Å². The summed E-state index contributed by atoms with van der Waals surface area (Å²) in [5.41, 5.74) is 0.142. The molecule has 128 valence electrons. The molecule has 3 rings (SSSR count). The topological polar surface area (TPSA) is 93.5 Å². The van der Waals surface area contributed by atoms with Crippen LogP contribution in [0, 0.1) is 11.3 Å². The molecule has 0 saturated carbocycles. The molecule has 24 heavy (non-hydrogen) atoms. The van der Waals surface area contributed by atoms with Gasteiger partial charge in [0.2, 0.25) is 15.9 Å². The molecule has 0 bridgehead atoms. The van der Waals surface area contributed by atoms with E-state index in [4.69, 9.17) is 5.26 Å². The molecular formula is C15H18N4O3S2. The average Bonchev–Trinajstić information content (AvgIpc) is 3.15. The fraction of sp³-hybridized carbons (Fsp3) is 0.467. The van der Waals surface area contributed by atoms with Crippen LogP contribution in [0.1, 0.15) is 5.56 Å². The summed E-state index contributed by atoms with van der Waals surface area (Å²) in [5, 5.41) is 12.3. The van der Waals surface area contributed by atoms with E-state index in [0.717, 1.165) is 11.6 Å². The summed E-state index contributed by atoms with van der Waals surface area (Å²) in [4.78, 5) is 14.1. The molecule has 1 aromatic rings. The predicted octanol–water partition coefficient (Wildman–Crippen LogP) is 0.0537. The summed E-state index contributed by atoms with van der Waals surface area (Å²) >= 11 is 1.69. The number of nitriles is 1. The van der Waals surface area contributed by atoms with Gasteiger partial charge in [-0.25, -0.2) is 8.42 Å². The first-order valence-corrected chi connectivity index (χ1v) is 10.2. The minimum atomic E-state index is -3.72. The van der Waals surface area contributed by atoms with Crippen LogP contribution in [-0.2, 0) is 14.8 Å². The third kappa shape index (κ3) is 3.28. The van der Waals surface area contributed by atoms with Gasteiger partial charge in [-0.05, 0) is 12.1 Å². The number of benzene rings is 1. The molecule has 2 heterocycles. The Labute approximate surface area is 145 Å². The Morgan fingerprint density at radius 2 is 1.96 bits per heavy atom. The summed E-state index contributed by atoms with van der Waals surface area (Å²) < 4.78 is 26.9. The summed E-state index contributed by atoms with van der Waals surface area (Å²) in [5.74, 6) is 1.57. The molecule has 1 N–H and O–H groups in total. The van der Waals surface area contributed by atoms with Crippen molar-refractivity contribution in [3.8, 4) is 6.07 Å². The minimum absolute atomic E-state index is 0.0288. The van der Waals surface area contributed by atoms with Crippen LogP contribution in [0.3, 0.4) is 0 Å². The Morgan fingerprint density at radius 1 is 1.25 bits per heavy atom. The van der Waals surface area contributed by atoms with Crippen LogP contribution in [0.5, 0.6) is 0 Å². The molecule has 7 nitrogen and oxygen atoms in total. The SMILES string of the molecule is N#Cc1ccccc1S(=O)(=O)N1CCN(C(=O)C2CSCN2)CC1. The number of sulfonamides is 1. The van der Waals surface area contributed by atoms with E-state index in [0.29, 0.717) is 13.1 Å². The van der Waals surface area contributed by atoms with Gasteiger partial charge in [0.25, 0.3) is 0 Å². The van der Waals surface area contributed by atoms with Crippen LogP contribution in [0.25, 0.3) is 0 Å². The predicted molar refractivity (Wildman–Crippen MR) is 90.7 cm³/mol. The Hall–Kier alpha value is -1.60. The second-order valence-electron chi connectivity index (χ2n) is 5.61. The molecule has 2 fully saturated rings. The maximum atomic E-state index is 12.8. The number of piperazine rings is 1. The van der Waals surface area contributed by atoms with Gasteiger partial charge in [-0.15, -0.1) is 11.8 Å². The number of rotatable bonds is 3. The fourth-order valence-corrected chi connectivity index (χ4v) is 5.34. The Bertz CT molecular complexity index is 761. The van der Waals surface area contributed by atoms with Crippen molar-refractivity contribution >= 4 is 27.7 Å². The first-order valence-electron chi connectivity index (χ1n) is 7.63. The number of thioether (sulfide) groups is 1. The Kier molecular flexibility index (Phi) is 5.10. The zero-order chi connectivity index (χ0) is 17.2. The van der Waals surface area contributed by atoms with E-state index in [1.165, 1.54) is 16.4 Å². The Morgan fingerprint density at radius 3 is 2.58 bits per heavy atom. The van der Waals surface area contributed by atoms with E-state index < -0.39 is 10.0 Å². The van der Waals surface area contributed by atoms with Crippen molar-refractivity contribution in [3.05, 3.63) is 29.8 Å². The number of carbonyl (C=O) groups excluding carboxylic acids is 1. The maximum Gasteiger partial charge on any atom is 0.244 e. The standard InChI is InChI=1S/C15H18N4O3S2/c16-9-12-3-1-2-4-14(12)24(21,22)19-7-5-18(6-8-19)15(20)13-10-23-11-17-13/h1-4,13,17H,5-8,10-11H2. The smallest absolute Gasteiger partial charge is 0.244 e. The lowest BCUT2D eigenvalue weighted by Gasteiger charge is -2.35. The fourth-order valence-electron chi connectivity index (χ4n) is 2.85. The lowest BCUT2D eigenvalue weighted by Crippen LogP contribution is -2.54. The molecule has 0 aromatic heterocycles. The zero-order valence-electron chi connectivity index (χ0n) is 13.0. The van der Waals surface area contributed by atoms with Crippen molar-refractivity contribution < 1.29 is 13.2 Å². The van der Waals surface area contributed by atoms with Crippen LogP contribution in [0.4, 0.5) is 0 Å². The third-order valence-electron chi connectivity index (χ3n) is 4.19. The highest BCUT2D eigenvalue weighted by molar-refractivity contribution is 7.99. The van der Waals surface area contributed by atoms with E-state index in [2.05, 4.69) is 5.32 Å².